The number of carbonyl (C=O) groups is 2. The summed E-state index contributed by atoms with van der Waals surface area (Å²) in [5, 5.41) is 8.70. The van der Waals surface area contributed by atoms with Gasteiger partial charge in [-0.1, -0.05) is 0 Å². The summed E-state index contributed by atoms with van der Waals surface area (Å²) < 4.78 is 5.77. The topological polar surface area (TPSA) is 70.1 Å². The van der Waals surface area contributed by atoms with Gasteiger partial charge in [0.15, 0.2) is 0 Å². The second kappa shape index (κ2) is 5.00. The Balaban J connectivity index is 1.86. The van der Waals surface area contributed by atoms with E-state index < -0.39 is 5.97 Å². The molecule has 0 saturated carbocycles. The number of hydrogen-bond acceptors (Lipinski definition) is 3. The van der Waals surface area contributed by atoms with Gasteiger partial charge in [0.05, 0.1) is 24.7 Å². The third kappa shape index (κ3) is 3.37. The van der Waals surface area contributed by atoms with Crippen LogP contribution in [0.3, 0.4) is 0 Å². The molecule has 0 aromatic rings. The zero-order chi connectivity index (χ0) is 14.2. The first-order valence-corrected chi connectivity index (χ1v) is 6.70. The first-order valence-electron chi connectivity index (χ1n) is 6.70. The Bertz CT molecular complexity index is 377. The molecule has 2 fully saturated rings. The van der Waals surface area contributed by atoms with Gasteiger partial charge in [-0.05, 0) is 20.8 Å². The Labute approximate surface area is 113 Å². The molecule has 6 heteroatoms. The highest BCUT2D eigenvalue weighted by atomic mass is 16.5. The predicted octanol–water partition coefficient (Wildman–Crippen LogP) is 1.01. The van der Waals surface area contributed by atoms with Crippen LogP contribution in [0.4, 0.5) is 4.79 Å². The summed E-state index contributed by atoms with van der Waals surface area (Å²) >= 11 is 0. The first kappa shape index (κ1) is 14.1. The number of morpholine rings is 1. The lowest BCUT2D eigenvalue weighted by atomic mass is 9.96. The van der Waals surface area contributed by atoms with Crippen LogP contribution in [0.2, 0.25) is 0 Å². The van der Waals surface area contributed by atoms with Crippen molar-refractivity contribution in [3.63, 3.8) is 0 Å². The minimum absolute atomic E-state index is 0.00450. The molecule has 2 rings (SSSR count). The molecule has 1 atom stereocenters. The largest absolute Gasteiger partial charge is 0.481 e. The van der Waals surface area contributed by atoms with E-state index in [1.165, 1.54) is 0 Å². The van der Waals surface area contributed by atoms with E-state index in [9.17, 15) is 9.59 Å². The standard InChI is InChI=1S/C13H22N2O4/c1-9-5-15(8-13(2,3)19-9)12(18)14-6-10(7-14)4-11(16)17/h9-10H,4-8H2,1-3H3,(H,16,17). The van der Waals surface area contributed by atoms with Crippen LogP contribution in [-0.2, 0) is 9.53 Å². The van der Waals surface area contributed by atoms with Crippen LogP contribution in [0.5, 0.6) is 0 Å². The Morgan fingerprint density at radius 1 is 1.26 bits per heavy atom. The lowest BCUT2D eigenvalue weighted by molar-refractivity contribution is -0.139. The summed E-state index contributed by atoms with van der Waals surface area (Å²) in [6.45, 7) is 8.20. The summed E-state index contributed by atoms with van der Waals surface area (Å²) in [5.74, 6) is -0.689. The van der Waals surface area contributed by atoms with Crippen LogP contribution in [-0.4, -0.2) is 64.8 Å². The second-order valence-electron chi connectivity index (χ2n) is 6.22. The molecule has 0 aromatic carbocycles. The van der Waals surface area contributed by atoms with Crippen molar-refractivity contribution < 1.29 is 19.4 Å². The van der Waals surface area contributed by atoms with Crippen LogP contribution in [0, 0.1) is 5.92 Å². The maximum atomic E-state index is 12.3. The molecule has 1 unspecified atom stereocenters. The van der Waals surface area contributed by atoms with Gasteiger partial charge in [0, 0.05) is 25.6 Å². The number of hydrogen-bond donors (Lipinski definition) is 1. The summed E-state index contributed by atoms with van der Waals surface area (Å²) in [4.78, 5) is 26.4. The van der Waals surface area contributed by atoms with Crippen LogP contribution < -0.4 is 0 Å². The van der Waals surface area contributed by atoms with Gasteiger partial charge in [-0.25, -0.2) is 4.79 Å². The van der Waals surface area contributed by atoms with Crippen molar-refractivity contribution >= 4 is 12.0 Å². The number of nitrogens with zero attached hydrogens (tertiary/aromatic N) is 2. The van der Waals surface area contributed by atoms with Crippen molar-refractivity contribution in [3.05, 3.63) is 0 Å². The highest BCUT2D eigenvalue weighted by Crippen LogP contribution is 2.25. The van der Waals surface area contributed by atoms with Crippen molar-refractivity contribution in [3.8, 4) is 0 Å². The molecule has 0 aromatic heterocycles. The van der Waals surface area contributed by atoms with Gasteiger partial charge in [-0.3, -0.25) is 4.79 Å². The second-order valence-corrected chi connectivity index (χ2v) is 6.22. The number of carbonyl (C=O) groups excluding carboxylic acids is 1. The molecule has 2 amide bonds. The van der Waals surface area contributed by atoms with Crippen LogP contribution >= 0.6 is 0 Å². The monoisotopic (exact) mass is 270 g/mol. The average Bonchev–Trinajstić information content (AvgIpc) is 2.18. The molecule has 0 aliphatic carbocycles. The molecule has 6 nitrogen and oxygen atoms in total. The van der Waals surface area contributed by atoms with E-state index in [1.807, 2.05) is 25.7 Å². The zero-order valence-corrected chi connectivity index (χ0v) is 11.8. The lowest BCUT2D eigenvalue weighted by Crippen LogP contribution is -2.61. The maximum Gasteiger partial charge on any atom is 0.320 e. The molecule has 2 saturated heterocycles. The van der Waals surface area contributed by atoms with Crippen molar-refractivity contribution in [1.82, 2.24) is 9.80 Å². The van der Waals surface area contributed by atoms with E-state index in [-0.39, 0.29) is 30.1 Å². The number of aliphatic carboxylic acids is 1. The number of likely N-dealkylation sites (tertiary alicyclic amines) is 1. The Kier molecular flexibility index (Phi) is 3.71. The van der Waals surface area contributed by atoms with E-state index in [0.717, 1.165) is 0 Å². The first-order chi connectivity index (χ1) is 8.77. The minimum Gasteiger partial charge on any atom is -0.481 e. The quantitative estimate of drug-likeness (QED) is 0.813. The van der Waals surface area contributed by atoms with Gasteiger partial charge in [-0.15, -0.1) is 0 Å². The molecule has 2 heterocycles. The van der Waals surface area contributed by atoms with Gasteiger partial charge in [0.25, 0.3) is 0 Å². The number of carboxylic acid groups (broad SMARTS) is 1. The van der Waals surface area contributed by atoms with Crippen molar-refractivity contribution in [1.29, 1.82) is 0 Å². The molecule has 19 heavy (non-hydrogen) atoms. The summed E-state index contributed by atoms with van der Waals surface area (Å²) in [6.07, 6.45) is 0.179. The molecular weight excluding hydrogens is 248 g/mol. The fourth-order valence-corrected chi connectivity index (χ4v) is 2.90. The SMILES string of the molecule is CC1CN(C(=O)N2CC(CC(=O)O)C2)CC(C)(C)O1. The van der Waals surface area contributed by atoms with Crippen LogP contribution in [0.15, 0.2) is 0 Å². The Morgan fingerprint density at radius 3 is 2.42 bits per heavy atom. The molecule has 0 spiro atoms. The highest BCUT2D eigenvalue weighted by Gasteiger charge is 2.39. The number of urea groups is 1. The smallest absolute Gasteiger partial charge is 0.320 e. The summed E-state index contributed by atoms with van der Waals surface area (Å²) in [7, 11) is 0. The van der Waals surface area contributed by atoms with Gasteiger partial charge in [0.1, 0.15) is 0 Å². The number of rotatable bonds is 2. The number of amides is 2. The van der Waals surface area contributed by atoms with Crippen LogP contribution in [0.1, 0.15) is 27.2 Å². The molecular formula is C13H22N2O4. The van der Waals surface area contributed by atoms with Crippen molar-refractivity contribution in [2.24, 2.45) is 5.92 Å². The van der Waals surface area contributed by atoms with E-state index in [2.05, 4.69) is 0 Å². The summed E-state index contributed by atoms with van der Waals surface area (Å²) in [5.41, 5.74) is -0.321. The predicted molar refractivity (Wildman–Crippen MR) is 68.9 cm³/mol. The van der Waals surface area contributed by atoms with Crippen molar-refractivity contribution in [2.75, 3.05) is 26.2 Å². The average molecular weight is 270 g/mol. The summed E-state index contributed by atoms with van der Waals surface area (Å²) in [6, 6.07) is 0.00450. The van der Waals surface area contributed by atoms with Crippen molar-refractivity contribution in [2.45, 2.75) is 38.9 Å². The van der Waals surface area contributed by atoms with E-state index in [4.69, 9.17) is 9.84 Å². The van der Waals surface area contributed by atoms with Gasteiger partial charge >= 0.3 is 12.0 Å². The minimum atomic E-state index is -0.793. The fourth-order valence-electron chi connectivity index (χ4n) is 2.90. The molecule has 0 radical (unpaired) electrons. The van der Waals surface area contributed by atoms with E-state index in [0.29, 0.717) is 26.2 Å². The molecule has 2 aliphatic rings. The zero-order valence-electron chi connectivity index (χ0n) is 11.8. The molecule has 2 aliphatic heterocycles. The van der Waals surface area contributed by atoms with E-state index >= 15 is 0 Å². The van der Waals surface area contributed by atoms with Crippen LogP contribution in [0.25, 0.3) is 0 Å². The lowest BCUT2D eigenvalue weighted by Gasteiger charge is -2.46. The molecule has 0 bridgehead atoms. The molecule has 108 valence electrons. The fraction of sp³-hybridized carbons (Fsp3) is 0.846. The van der Waals surface area contributed by atoms with Gasteiger partial charge in [-0.2, -0.15) is 0 Å². The Morgan fingerprint density at radius 2 is 1.89 bits per heavy atom. The highest BCUT2D eigenvalue weighted by molar-refractivity contribution is 5.76. The van der Waals surface area contributed by atoms with Gasteiger partial charge in [0.2, 0.25) is 0 Å². The maximum absolute atomic E-state index is 12.3. The van der Waals surface area contributed by atoms with E-state index in [1.54, 1.807) is 4.90 Å². The molecule has 1 N–H and O–H groups in total. The third-order valence-corrected chi connectivity index (χ3v) is 3.53. The normalized spacial score (nSPS) is 27.0. The third-order valence-electron chi connectivity index (χ3n) is 3.53. The Hall–Kier alpha value is -1.30. The van der Waals surface area contributed by atoms with Gasteiger partial charge < -0.3 is 19.6 Å². The number of carboxylic acids is 1. The number of ether oxygens (including phenoxy) is 1.